The Kier molecular flexibility index (Phi) is 1.59. The van der Waals surface area contributed by atoms with Crippen molar-refractivity contribution >= 4 is 5.97 Å². The minimum absolute atomic E-state index is 0.210. The number of ether oxygens (including phenoxy) is 2. The van der Waals surface area contributed by atoms with Gasteiger partial charge in [-0.2, -0.15) is 0 Å². The number of epoxide rings is 1. The highest BCUT2D eigenvalue weighted by Gasteiger charge is 2.69. The van der Waals surface area contributed by atoms with Gasteiger partial charge < -0.3 is 19.7 Å². The summed E-state index contributed by atoms with van der Waals surface area (Å²) in [5.41, 5.74) is -1.36. The lowest BCUT2D eigenvalue weighted by Crippen LogP contribution is -2.44. The van der Waals surface area contributed by atoms with Crippen LogP contribution >= 0.6 is 0 Å². The van der Waals surface area contributed by atoms with E-state index in [4.69, 9.17) is 6.11 Å². The average Bonchev–Trinajstić information content (AvgIpc) is 2.81. The fourth-order valence-corrected chi connectivity index (χ4v) is 1.73. The standard InChI is InChI=1S/C8H12O5/c1-12-7(11)8-3-2-4(9)5(10)6(8)13-8/h4-6,9-10H,2-3H2,1H3/t4-,5-,6-,8+/m0/s1/i6D. The molecule has 2 rings (SSSR count). The van der Waals surface area contributed by atoms with Crippen molar-refractivity contribution in [1.82, 2.24) is 0 Å². The van der Waals surface area contributed by atoms with Gasteiger partial charge in [-0.25, -0.2) is 4.79 Å². The molecule has 1 aliphatic carbocycles. The molecule has 0 aromatic rings. The van der Waals surface area contributed by atoms with Crippen LogP contribution in [0.25, 0.3) is 0 Å². The van der Waals surface area contributed by atoms with Crippen LogP contribution in [0, 0.1) is 0 Å². The van der Waals surface area contributed by atoms with Gasteiger partial charge in [-0.3, -0.25) is 0 Å². The van der Waals surface area contributed by atoms with E-state index in [1.807, 2.05) is 0 Å². The first kappa shape index (κ1) is 7.73. The second kappa shape index (κ2) is 2.67. The molecule has 0 aromatic carbocycles. The minimum atomic E-state index is -1.72. The normalized spacial score (nSPS) is 54.8. The van der Waals surface area contributed by atoms with Crippen LogP contribution in [0.4, 0.5) is 0 Å². The van der Waals surface area contributed by atoms with Gasteiger partial charge in [-0.1, -0.05) is 0 Å². The number of rotatable bonds is 1. The quantitative estimate of drug-likeness (QED) is 0.400. The molecule has 13 heavy (non-hydrogen) atoms. The van der Waals surface area contributed by atoms with Crippen molar-refractivity contribution in [2.75, 3.05) is 7.11 Å². The summed E-state index contributed by atoms with van der Waals surface area (Å²) in [4.78, 5) is 11.3. The maximum atomic E-state index is 11.3. The van der Waals surface area contributed by atoms with Crippen LogP contribution in [0.15, 0.2) is 0 Å². The van der Waals surface area contributed by atoms with E-state index in [1.54, 1.807) is 0 Å². The van der Waals surface area contributed by atoms with Crippen molar-refractivity contribution in [1.29, 1.82) is 0 Å². The molecular formula is C8H12O5. The monoisotopic (exact) mass is 189 g/mol. The zero-order valence-electron chi connectivity index (χ0n) is 8.19. The second-order valence-electron chi connectivity index (χ2n) is 3.34. The number of aliphatic hydroxyl groups is 2. The van der Waals surface area contributed by atoms with E-state index in [-0.39, 0.29) is 12.8 Å². The molecule has 1 heterocycles. The Morgan fingerprint density at radius 1 is 1.77 bits per heavy atom. The van der Waals surface area contributed by atoms with Gasteiger partial charge in [0.1, 0.15) is 12.2 Å². The van der Waals surface area contributed by atoms with Crippen LogP contribution in [-0.4, -0.2) is 47.2 Å². The van der Waals surface area contributed by atoms with Crippen LogP contribution in [0.5, 0.6) is 0 Å². The number of carbonyl (C=O) groups excluding carboxylic acids is 1. The molecular weight excluding hydrogens is 176 g/mol. The molecule has 1 saturated heterocycles. The third kappa shape index (κ3) is 1.08. The Morgan fingerprint density at radius 2 is 2.46 bits per heavy atom. The zero-order valence-corrected chi connectivity index (χ0v) is 7.19. The third-order valence-corrected chi connectivity index (χ3v) is 2.58. The average molecular weight is 189 g/mol. The van der Waals surface area contributed by atoms with Crippen molar-refractivity contribution < 1.29 is 25.9 Å². The van der Waals surface area contributed by atoms with E-state index in [1.165, 1.54) is 7.11 Å². The second-order valence-corrected chi connectivity index (χ2v) is 3.34. The van der Waals surface area contributed by atoms with Gasteiger partial charge in [0.2, 0.25) is 0 Å². The lowest BCUT2D eigenvalue weighted by Gasteiger charge is -2.23. The summed E-state index contributed by atoms with van der Waals surface area (Å²) in [5, 5.41) is 18.8. The number of methoxy groups -OCH3 is 1. The number of aliphatic hydroxyl groups excluding tert-OH is 2. The molecule has 4 atom stereocenters. The first-order chi connectivity index (χ1) is 6.48. The summed E-state index contributed by atoms with van der Waals surface area (Å²) >= 11 is 0. The molecule has 1 saturated carbocycles. The van der Waals surface area contributed by atoms with E-state index >= 15 is 0 Å². The van der Waals surface area contributed by atoms with Crippen LogP contribution < -0.4 is 0 Å². The van der Waals surface area contributed by atoms with E-state index in [0.717, 1.165) is 0 Å². The van der Waals surface area contributed by atoms with Crippen molar-refractivity contribution in [3.8, 4) is 0 Å². The third-order valence-electron chi connectivity index (χ3n) is 2.58. The van der Waals surface area contributed by atoms with Gasteiger partial charge >= 0.3 is 5.97 Å². The Balaban J connectivity index is 2.24. The molecule has 5 heteroatoms. The highest BCUT2D eigenvalue weighted by atomic mass is 16.7. The first-order valence-electron chi connectivity index (χ1n) is 4.62. The molecule has 5 nitrogen and oxygen atoms in total. The summed E-state index contributed by atoms with van der Waals surface area (Å²) in [7, 11) is 1.20. The molecule has 2 fully saturated rings. The van der Waals surface area contributed by atoms with Crippen molar-refractivity contribution in [2.24, 2.45) is 0 Å². The van der Waals surface area contributed by atoms with E-state index in [9.17, 15) is 15.0 Å². The van der Waals surface area contributed by atoms with Crippen LogP contribution in [-0.2, 0) is 14.3 Å². The minimum Gasteiger partial charge on any atom is -0.467 e. The molecule has 0 unspecified atom stereocenters. The highest BCUT2D eigenvalue weighted by molar-refractivity contribution is 5.83. The lowest BCUT2D eigenvalue weighted by atomic mass is 9.85. The fraction of sp³-hybridized carbons (Fsp3) is 0.875. The summed E-state index contributed by atoms with van der Waals surface area (Å²) in [6.07, 6.45) is -3.64. The number of carbonyl (C=O) groups is 1. The molecule has 0 bridgehead atoms. The van der Waals surface area contributed by atoms with Gasteiger partial charge in [-0.15, -0.1) is 0 Å². The molecule has 2 aliphatic rings. The first-order valence-corrected chi connectivity index (χ1v) is 4.12. The van der Waals surface area contributed by atoms with Gasteiger partial charge in [0, 0.05) is 0 Å². The highest BCUT2D eigenvalue weighted by Crippen LogP contribution is 2.48. The molecule has 2 N–H and O–H groups in total. The Bertz CT molecular complexity index is 279. The van der Waals surface area contributed by atoms with Crippen molar-refractivity contribution in [3.05, 3.63) is 0 Å². The predicted octanol–water partition coefficient (Wildman–Crippen LogP) is -1.19. The maximum absolute atomic E-state index is 11.3. The van der Waals surface area contributed by atoms with Gasteiger partial charge in [-0.05, 0) is 12.8 Å². The van der Waals surface area contributed by atoms with Crippen LogP contribution in [0.2, 0.25) is 0 Å². The van der Waals surface area contributed by atoms with Gasteiger partial charge in [0.15, 0.2) is 5.60 Å². The molecule has 0 radical (unpaired) electrons. The fourth-order valence-electron chi connectivity index (χ4n) is 1.73. The molecule has 0 aromatic heterocycles. The van der Waals surface area contributed by atoms with Crippen LogP contribution in [0.3, 0.4) is 0 Å². The zero-order chi connectivity index (χ0) is 10.6. The molecule has 0 spiro atoms. The van der Waals surface area contributed by atoms with Crippen LogP contribution in [0.1, 0.15) is 14.2 Å². The summed E-state index contributed by atoms with van der Waals surface area (Å²) < 4.78 is 17.2. The smallest absolute Gasteiger partial charge is 0.341 e. The Morgan fingerprint density at radius 3 is 3.08 bits per heavy atom. The largest absolute Gasteiger partial charge is 0.467 e. The Hall–Kier alpha value is -0.650. The molecule has 74 valence electrons. The number of esters is 1. The summed E-state index contributed by atoms with van der Waals surface area (Å²) in [5.74, 6) is -0.654. The topological polar surface area (TPSA) is 79.3 Å². The molecule has 0 amide bonds. The maximum Gasteiger partial charge on any atom is 0.341 e. The van der Waals surface area contributed by atoms with Gasteiger partial charge in [0.25, 0.3) is 0 Å². The van der Waals surface area contributed by atoms with E-state index in [2.05, 4.69) is 4.74 Å². The van der Waals surface area contributed by atoms with E-state index < -0.39 is 29.9 Å². The predicted molar refractivity (Wildman–Crippen MR) is 40.9 cm³/mol. The SMILES string of the molecule is [2H][C@@]12O[C@]1(C(=O)OC)CC[C@H](O)[C@@H]2O. The van der Waals surface area contributed by atoms with Gasteiger partial charge in [0.05, 0.1) is 14.6 Å². The molecule has 1 aliphatic heterocycles. The van der Waals surface area contributed by atoms with Crippen molar-refractivity contribution in [2.45, 2.75) is 36.7 Å². The number of fused-ring (bicyclic) bond motifs is 1. The summed E-state index contributed by atoms with van der Waals surface area (Å²) in [6.45, 7) is 0. The number of hydrogen-bond donors (Lipinski definition) is 2. The number of hydrogen-bond acceptors (Lipinski definition) is 5. The van der Waals surface area contributed by atoms with Crippen molar-refractivity contribution in [3.63, 3.8) is 0 Å². The summed E-state index contributed by atoms with van der Waals surface area (Å²) in [6, 6.07) is 0. The lowest BCUT2D eigenvalue weighted by molar-refractivity contribution is -0.148. The Labute approximate surface area is 76.7 Å². The van der Waals surface area contributed by atoms with E-state index in [0.29, 0.717) is 0 Å².